The van der Waals surface area contributed by atoms with Crippen molar-refractivity contribution < 1.29 is 19.0 Å². The van der Waals surface area contributed by atoms with Gasteiger partial charge in [-0.15, -0.1) is 0 Å². The van der Waals surface area contributed by atoms with E-state index in [-0.39, 0.29) is 29.9 Å². The van der Waals surface area contributed by atoms with Crippen LogP contribution in [0.25, 0.3) is 10.9 Å². The van der Waals surface area contributed by atoms with Crippen LogP contribution in [-0.4, -0.2) is 63.7 Å². The summed E-state index contributed by atoms with van der Waals surface area (Å²) >= 11 is 0. The van der Waals surface area contributed by atoms with Crippen LogP contribution in [0.1, 0.15) is 58.1 Å². The van der Waals surface area contributed by atoms with Crippen LogP contribution in [0.3, 0.4) is 0 Å². The summed E-state index contributed by atoms with van der Waals surface area (Å²) in [5.74, 6) is 2.40. The number of hydrogen-bond acceptors (Lipinski definition) is 9. The molecule has 2 aliphatic carbocycles. The Morgan fingerprint density at radius 1 is 1.35 bits per heavy atom. The van der Waals surface area contributed by atoms with E-state index in [1.54, 1.807) is 6.20 Å². The van der Waals surface area contributed by atoms with Crippen LogP contribution in [0.15, 0.2) is 17.4 Å². The minimum atomic E-state index is -0.306. The molecule has 0 radical (unpaired) electrons. The maximum atomic E-state index is 12.2. The zero-order chi connectivity index (χ0) is 25.6. The van der Waals surface area contributed by atoms with Crippen LogP contribution in [0.5, 0.6) is 0 Å². The van der Waals surface area contributed by atoms with E-state index in [2.05, 4.69) is 26.1 Å². The van der Waals surface area contributed by atoms with Crippen LogP contribution >= 0.6 is 0 Å². The van der Waals surface area contributed by atoms with Gasteiger partial charge >= 0.3 is 6.09 Å². The number of rotatable bonds is 8. The van der Waals surface area contributed by atoms with Gasteiger partial charge in [0.1, 0.15) is 17.5 Å². The fraction of sp³-hybridized carbons (Fsp3) is 0.692. The predicted octanol–water partition coefficient (Wildman–Crippen LogP) is 3.05. The molecule has 200 valence electrons. The summed E-state index contributed by atoms with van der Waals surface area (Å²) in [6.07, 6.45) is 7.22. The third-order valence-corrected chi connectivity index (χ3v) is 8.50. The molecular formula is C26H37N7O4. The summed E-state index contributed by atoms with van der Waals surface area (Å²) in [5, 5.41) is 16.8. The molecule has 1 amide bonds. The summed E-state index contributed by atoms with van der Waals surface area (Å²) in [5.41, 5.74) is 5.23. The molecule has 3 N–H and O–H groups in total. The molecule has 2 aromatic rings. The van der Waals surface area contributed by atoms with Crippen molar-refractivity contribution in [1.29, 1.82) is 0 Å². The van der Waals surface area contributed by atoms with Gasteiger partial charge in [0.15, 0.2) is 5.82 Å². The van der Waals surface area contributed by atoms with Gasteiger partial charge in [-0.3, -0.25) is 4.68 Å². The van der Waals surface area contributed by atoms with E-state index in [1.807, 2.05) is 31.6 Å². The Bertz CT molecular complexity index is 1190. The number of amidine groups is 1. The molecular weight excluding hydrogens is 474 g/mol. The highest BCUT2D eigenvalue weighted by Crippen LogP contribution is 2.57. The first kappa shape index (κ1) is 24.4. The Balaban J connectivity index is 1.08. The number of carbonyl (C=O) groups is 1. The minimum absolute atomic E-state index is 0.0372. The van der Waals surface area contributed by atoms with Gasteiger partial charge < -0.3 is 30.3 Å². The number of hydrazone groups is 1. The van der Waals surface area contributed by atoms with Crippen LogP contribution in [0.4, 0.5) is 10.6 Å². The van der Waals surface area contributed by atoms with Crippen molar-refractivity contribution in [2.75, 3.05) is 18.5 Å². The first-order valence-corrected chi connectivity index (χ1v) is 13.6. The summed E-state index contributed by atoms with van der Waals surface area (Å²) in [6, 6.07) is 2.11. The van der Waals surface area contributed by atoms with Crippen molar-refractivity contribution in [1.82, 2.24) is 25.5 Å². The molecule has 2 aliphatic heterocycles. The molecule has 3 fully saturated rings. The molecule has 6 atom stereocenters. The third kappa shape index (κ3) is 4.63. The molecule has 0 aromatic carbocycles. The first-order valence-electron chi connectivity index (χ1n) is 13.6. The third-order valence-electron chi connectivity index (χ3n) is 8.50. The van der Waals surface area contributed by atoms with E-state index in [0.29, 0.717) is 25.0 Å². The number of pyridine rings is 1. The second-order valence-corrected chi connectivity index (χ2v) is 10.9. The van der Waals surface area contributed by atoms with Gasteiger partial charge in [0.2, 0.25) is 0 Å². The molecule has 4 aliphatic rings. The molecule has 37 heavy (non-hydrogen) atoms. The van der Waals surface area contributed by atoms with Crippen molar-refractivity contribution in [3.8, 4) is 0 Å². The number of carbonyl (C=O) groups excluding carboxylic acids is 1. The molecule has 1 saturated heterocycles. The van der Waals surface area contributed by atoms with Crippen LogP contribution in [-0.2, 0) is 27.9 Å². The van der Waals surface area contributed by atoms with Gasteiger partial charge in [0, 0.05) is 37.2 Å². The molecule has 4 heterocycles. The Kier molecular flexibility index (Phi) is 6.44. The van der Waals surface area contributed by atoms with Crippen LogP contribution in [0, 0.1) is 11.8 Å². The number of aryl methyl sites for hydroxylation is 1. The fourth-order valence-corrected chi connectivity index (χ4v) is 6.11. The first-order chi connectivity index (χ1) is 18.0. The lowest BCUT2D eigenvalue weighted by Crippen LogP contribution is -2.36. The lowest BCUT2D eigenvalue weighted by atomic mass is 9.94. The van der Waals surface area contributed by atoms with E-state index in [1.165, 1.54) is 0 Å². The van der Waals surface area contributed by atoms with Gasteiger partial charge in [-0.25, -0.2) is 9.78 Å². The lowest BCUT2D eigenvalue weighted by Gasteiger charge is -2.21. The maximum Gasteiger partial charge on any atom is 0.407 e. The molecule has 11 heteroatoms. The number of fused-ring (bicyclic) bond motifs is 2. The van der Waals surface area contributed by atoms with Gasteiger partial charge in [0.25, 0.3) is 0 Å². The Morgan fingerprint density at radius 3 is 3.03 bits per heavy atom. The summed E-state index contributed by atoms with van der Waals surface area (Å²) < 4.78 is 19.0. The number of anilines is 1. The summed E-state index contributed by atoms with van der Waals surface area (Å²) in [6.45, 7) is 5.89. The van der Waals surface area contributed by atoms with E-state index < -0.39 is 0 Å². The van der Waals surface area contributed by atoms with Crippen molar-refractivity contribution in [3.05, 3.63) is 18.0 Å². The molecule has 2 aromatic heterocycles. The Labute approximate surface area is 216 Å². The highest BCUT2D eigenvalue weighted by Gasteiger charge is 2.65. The van der Waals surface area contributed by atoms with Gasteiger partial charge in [-0.1, -0.05) is 6.92 Å². The summed E-state index contributed by atoms with van der Waals surface area (Å²) in [4.78, 5) is 16.8. The predicted molar refractivity (Wildman–Crippen MR) is 138 cm³/mol. The molecule has 0 spiro atoms. The number of aromatic nitrogens is 3. The normalized spacial score (nSPS) is 31.1. The zero-order valence-electron chi connectivity index (χ0n) is 21.8. The SMILES string of the molecule is CCC(C)NC(=O)OC1CCC(C23CC2C(Nc2nccc4c(COC5CCOC5)nn(C)c24)=NN3)C1. The second-order valence-electron chi connectivity index (χ2n) is 10.9. The average Bonchev–Trinajstić information content (AvgIpc) is 3.38. The smallest absolute Gasteiger partial charge is 0.407 e. The van der Waals surface area contributed by atoms with Gasteiger partial charge in [-0.2, -0.15) is 10.2 Å². The number of ether oxygens (including phenoxy) is 3. The largest absolute Gasteiger partial charge is 0.446 e. The highest BCUT2D eigenvalue weighted by molar-refractivity contribution is 6.05. The fourth-order valence-electron chi connectivity index (χ4n) is 6.11. The second kappa shape index (κ2) is 9.75. The Morgan fingerprint density at radius 2 is 2.24 bits per heavy atom. The molecule has 11 nitrogen and oxygen atoms in total. The molecule has 0 bridgehead atoms. The molecule has 6 rings (SSSR count). The average molecular weight is 512 g/mol. The lowest BCUT2D eigenvalue weighted by molar-refractivity contribution is 0.0304. The van der Waals surface area contributed by atoms with Crippen molar-refractivity contribution in [2.24, 2.45) is 24.0 Å². The summed E-state index contributed by atoms with van der Waals surface area (Å²) in [7, 11) is 1.93. The quantitative estimate of drug-likeness (QED) is 0.494. The standard InChI is InChI=1S/C26H37N7O4/c1-4-15(2)28-25(34)37-17-6-5-16(11-17)26-12-20(26)23(30-32-26)29-24-22-19(7-9-27-24)21(31-33(22)3)14-36-18-8-10-35-13-18/h7,9,15-18,20,32H,4-6,8,10-14H2,1-3H3,(H,28,34)(H,27,29,30). The number of amides is 1. The zero-order valence-corrected chi connectivity index (χ0v) is 21.8. The van der Waals surface area contributed by atoms with Gasteiger partial charge in [-0.05, 0) is 57.4 Å². The van der Waals surface area contributed by atoms with E-state index in [4.69, 9.17) is 19.3 Å². The van der Waals surface area contributed by atoms with E-state index in [0.717, 1.165) is 73.4 Å². The maximum absolute atomic E-state index is 12.2. The monoisotopic (exact) mass is 511 g/mol. The van der Waals surface area contributed by atoms with E-state index >= 15 is 0 Å². The van der Waals surface area contributed by atoms with Crippen LogP contribution in [0.2, 0.25) is 0 Å². The molecule has 2 saturated carbocycles. The topological polar surface area (TPSA) is 124 Å². The number of alkyl carbamates (subject to hydrolysis) is 1. The minimum Gasteiger partial charge on any atom is -0.446 e. The van der Waals surface area contributed by atoms with Crippen molar-refractivity contribution in [2.45, 2.75) is 82.8 Å². The number of nitrogens with zero attached hydrogens (tertiary/aromatic N) is 4. The number of hydrogen-bond donors (Lipinski definition) is 3. The van der Waals surface area contributed by atoms with Crippen LogP contribution < -0.4 is 16.1 Å². The molecule has 6 unspecified atom stereocenters. The van der Waals surface area contributed by atoms with Crippen molar-refractivity contribution >= 4 is 28.6 Å². The van der Waals surface area contributed by atoms with Gasteiger partial charge in [0.05, 0.1) is 30.6 Å². The van der Waals surface area contributed by atoms with Crippen molar-refractivity contribution in [3.63, 3.8) is 0 Å². The van der Waals surface area contributed by atoms with E-state index in [9.17, 15) is 4.79 Å². The highest BCUT2D eigenvalue weighted by atomic mass is 16.6. The number of nitrogens with one attached hydrogen (secondary N) is 3. The Hall–Kier alpha value is -2.92.